The maximum atomic E-state index is 13.9. The minimum Gasteiger partial charge on any atom is -0.372 e. The van der Waals surface area contributed by atoms with E-state index < -0.39 is 0 Å². The zero-order valence-electron chi connectivity index (χ0n) is 10.1. The number of halogens is 1. The van der Waals surface area contributed by atoms with E-state index in [-0.39, 0.29) is 5.82 Å². The van der Waals surface area contributed by atoms with E-state index in [1.165, 1.54) is 6.07 Å². The van der Waals surface area contributed by atoms with E-state index in [4.69, 9.17) is 0 Å². The van der Waals surface area contributed by atoms with Gasteiger partial charge in [0.1, 0.15) is 11.6 Å². The summed E-state index contributed by atoms with van der Waals surface area (Å²) in [5.74, 6) is 0.368. The Morgan fingerprint density at radius 3 is 2.59 bits per heavy atom. The van der Waals surface area contributed by atoms with Gasteiger partial charge in [-0.25, -0.2) is 9.37 Å². The van der Waals surface area contributed by atoms with Gasteiger partial charge in [-0.15, -0.1) is 0 Å². The summed E-state index contributed by atoms with van der Waals surface area (Å²) in [5.41, 5.74) is 2.83. The molecule has 0 fully saturated rings. The van der Waals surface area contributed by atoms with E-state index >= 15 is 0 Å². The maximum absolute atomic E-state index is 13.9. The van der Waals surface area contributed by atoms with Crippen LogP contribution < -0.4 is 5.32 Å². The number of hydrogen-bond acceptors (Lipinski definition) is 3. The first kappa shape index (κ1) is 11.5. The van der Waals surface area contributed by atoms with Crippen molar-refractivity contribution >= 4 is 5.82 Å². The van der Waals surface area contributed by atoms with E-state index in [1.807, 2.05) is 19.9 Å². The number of nitrogens with zero attached hydrogens (tertiary/aromatic N) is 2. The highest BCUT2D eigenvalue weighted by Gasteiger charge is 2.11. The zero-order valence-corrected chi connectivity index (χ0v) is 10.1. The first-order valence-corrected chi connectivity index (χ1v) is 5.38. The minimum atomic E-state index is -0.259. The smallest absolute Gasteiger partial charge is 0.144 e. The number of nitrogens with one attached hydrogen (secondary N) is 1. The highest BCUT2D eigenvalue weighted by atomic mass is 19.1. The van der Waals surface area contributed by atoms with Gasteiger partial charge in [0.05, 0.1) is 18.1 Å². The molecule has 0 aliphatic heterocycles. The fourth-order valence-electron chi connectivity index (χ4n) is 1.85. The molecule has 2 rings (SSSR count). The molecule has 0 atom stereocenters. The van der Waals surface area contributed by atoms with Crippen LogP contribution in [0.15, 0.2) is 24.5 Å². The van der Waals surface area contributed by atoms with Gasteiger partial charge in [-0.3, -0.25) is 4.98 Å². The van der Waals surface area contributed by atoms with Crippen LogP contribution in [0, 0.1) is 19.7 Å². The van der Waals surface area contributed by atoms with Gasteiger partial charge >= 0.3 is 0 Å². The molecule has 1 heterocycles. The monoisotopic (exact) mass is 231 g/mol. The Morgan fingerprint density at radius 2 is 1.94 bits per heavy atom. The third-order valence-corrected chi connectivity index (χ3v) is 2.58. The second-order valence-corrected chi connectivity index (χ2v) is 3.98. The summed E-state index contributed by atoms with van der Waals surface area (Å²) in [6.07, 6.45) is 3.17. The number of rotatable bonds is 2. The fraction of sp³-hybridized carbons (Fsp3) is 0.231. The molecule has 0 unspecified atom stereocenters. The third kappa shape index (κ3) is 2.25. The number of aryl methyl sites for hydroxylation is 2. The Morgan fingerprint density at radius 1 is 1.18 bits per heavy atom. The van der Waals surface area contributed by atoms with E-state index in [0.29, 0.717) is 17.1 Å². The van der Waals surface area contributed by atoms with Crippen molar-refractivity contribution in [2.24, 2.45) is 0 Å². The van der Waals surface area contributed by atoms with Gasteiger partial charge < -0.3 is 5.32 Å². The molecule has 1 aromatic heterocycles. The van der Waals surface area contributed by atoms with Gasteiger partial charge in [-0.2, -0.15) is 0 Å². The van der Waals surface area contributed by atoms with Crippen LogP contribution >= 0.6 is 0 Å². The van der Waals surface area contributed by atoms with Crippen LogP contribution in [0.5, 0.6) is 0 Å². The first-order valence-electron chi connectivity index (χ1n) is 5.38. The summed E-state index contributed by atoms with van der Waals surface area (Å²) in [5, 5.41) is 2.89. The van der Waals surface area contributed by atoms with Gasteiger partial charge in [-0.1, -0.05) is 6.07 Å². The summed E-state index contributed by atoms with van der Waals surface area (Å²) in [6, 6.07) is 3.45. The standard InChI is InChI=1S/C13H14FN3/c1-8-4-9(2)13(10(14)5-8)11-6-16-7-12(15-3)17-11/h4-7H,1-3H3,(H,15,17). The highest BCUT2D eigenvalue weighted by molar-refractivity contribution is 5.65. The van der Waals surface area contributed by atoms with Crippen molar-refractivity contribution in [2.75, 3.05) is 12.4 Å². The molecule has 0 spiro atoms. The fourth-order valence-corrected chi connectivity index (χ4v) is 1.85. The Bertz CT molecular complexity index is 529. The minimum absolute atomic E-state index is 0.259. The molecule has 3 nitrogen and oxygen atoms in total. The van der Waals surface area contributed by atoms with Crippen LogP contribution in [-0.2, 0) is 0 Å². The molecule has 0 saturated heterocycles. The molecule has 0 amide bonds. The molecule has 0 aliphatic rings. The molecule has 4 heteroatoms. The predicted octanol–water partition coefficient (Wildman–Crippen LogP) is 2.94. The van der Waals surface area contributed by atoms with Crippen LogP contribution in [0.3, 0.4) is 0 Å². The number of anilines is 1. The van der Waals surface area contributed by atoms with Gasteiger partial charge in [-0.05, 0) is 31.0 Å². The molecule has 88 valence electrons. The molecule has 17 heavy (non-hydrogen) atoms. The van der Waals surface area contributed by atoms with Crippen LogP contribution in [-0.4, -0.2) is 17.0 Å². The maximum Gasteiger partial charge on any atom is 0.144 e. The largest absolute Gasteiger partial charge is 0.372 e. The molecule has 1 aromatic carbocycles. The molecule has 0 radical (unpaired) electrons. The van der Waals surface area contributed by atoms with Crippen molar-refractivity contribution in [1.82, 2.24) is 9.97 Å². The topological polar surface area (TPSA) is 37.8 Å². The predicted molar refractivity (Wildman–Crippen MR) is 66.4 cm³/mol. The Kier molecular flexibility index (Phi) is 3.04. The molecule has 1 N–H and O–H groups in total. The average Bonchev–Trinajstić information content (AvgIpc) is 2.28. The van der Waals surface area contributed by atoms with E-state index in [0.717, 1.165) is 11.1 Å². The van der Waals surface area contributed by atoms with Crippen LogP contribution in [0.4, 0.5) is 10.2 Å². The van der Waals surface area contributed by atoms with Crippen LogP contribution in [0.2, 0.25) is 0 Å². The molecular weight excluding hydrogens is 217 g/mol. The lowest BCUT2D eigenvalue weighted by atomic mass is 10.0. The van der Waals surface area contributed by atoms with Crippen molar-refractivity contribution in [3.05, 3.63) is 41.5 Å². The first-order chi connectivity index (χ1) is 8.11. The number of hydrogen-bond donors (Lipinski definition) is 1. The van der Waals surface area contributed by atoms with Crippen molar-refractivity contribution in [3.63, 3.8) is 0 Å². The van der Waals surface area contributed by atoms with E-state index in [9.17, 15) is 4.39 Å². The molecule has 0 saturated carbocycles. The molecular formula is C13H14FN3. The number of aromatic nitrogens is 2. The summed E-state index contributed by atoms with van der Waals surface area (Å²) >= 11 is 0. The lowest BCUT2D eigenvalue weighted by molar-refractivity contribution is 0.628. The van der Waals surface area contributed by atoms with E-state index in [1.54, 1.807) is 19.4 Å². The summed E-state index contributed by atoms with van der Waals surface area (Å²) in [4.78, 5) is 8.34. The third-order valence-electron chi connectivity index (χ3n) is 2.58. The average molecular weight is 231 g/mol. The van der Waals surface area contributed by atoms with Gasteiger partial charge in [0.2, 0.25) is 0 Å². The van der Waals surface area contributed by atoms with Gasteiger partial charge in [0, 0.05) is 12.6 Å². The SMILES string of the molecule is CNc1cncc(-c2c(C)cc(C)cc2F)n1. The van der Waals surface area contributed by atoms with Crippen molar-refractivity contribution in [2.45, 2.75) is 13.8 Å². The Balaban J connectivity index is 2.60. The second kappa shape index (κ2) is 4.49. The Labute approximate surface area is 99.7 Å². The molecule has 0 bridgehead atoms. The van der Waals surface area contributed by atoms with Gasteiger partial charge in [0.25, 0.3) is 0 Å². The summed E-state index contributed by atoms with van der Waals surface area (Å²) in [7, 11) is 1.76. The quantitative estimate of drug-likeness (QED) is 0.863. The lowest BCUT2D eigenvalue weighted by Crippen LogP contribution is -1.98. The van der Waals surface area contributed by atoms with Gasteiger partial charge in [0.15, 0.2) is 0 Å². The summed E-state index contributed by atoms with van der Waals surface area (Å²) in [6.45, 7) is 3.74. The highest BCUT2D eigenvalue weighted by Crippen LogP contribution is 2.26. The van der Waals surface area contributed by atoms with Crippen LogP contribution in [0.25, 0.3) is 11.3 Å². The zero-order chi connectivity index (χ0) is 12.4. The Hall–Kier alpha value is -1.97. The normalized spacial score (nSPS) is 10.4. The van der Waals surface area contributed by atoms with Crippen molar-refractivity contribution in [3.8, 4) is 11.3 Å². The molecule has 0 aliphatic carbocycles. The van der Waals surface area contributed by atoms with Crippen molar-refractivity contribution in [1.29, 1.82) is 0 Å². The molecule has 2 aromatic rings. The second-order valence-electron chi connectivity index (χ2n) is 3.98. The van der Waals surface area contributed by atoms with E-state index in [2.05, 4.69) is 15.3 Å². The summed E-state index contributed by atoms with van der Waals surface area (Å²) < 4.78 is 13.9. The van der Waals surface area contributed by atoms with Crippen LogP contribution in [0.1, 0.15) is 11.1 Å². The lowest BCUT2D eigenvalue weighted by Gasteiger charge is -2.09. The number of benzene rings is 1. The van der Waals surface area contributed by atoms with Crippen molar-refractivity contribution < 1.29 is 4.39 Å².